The normalized spacial score (nSPS) is 38.1. The number of nitrogens with one attached hydrogen (secondary N) is 1. The number of ether oxygens (including phenoxy) is 2. The van der Waals surface area contributed by atoms with Gasteiger partial charge in [0.2, 0.25) is 0 Å². The predicted octanol–water partition coefficient (Wildman–Crippen LogP) is 3.16. The third kappa shape index (κ3) is 4.81. The van der Waals surface area contributed by atoms with E-state index in [1.807, 2.05) is 30.6 Å². The van der Waals surface area contributed by atoms with Crippen LogP contribution in [0.4, 0.5) is 0 Å². The van der Waals surface area contributed by atoms with E-state index in [0.717, 1.165) is 13.2 Å². The largest absolute Gasteiger partial charge is 0.367 e. The molecule has 2 aliphatic heterocycles. The molecule has 5 heteroatoms. The van der Waals surface area contributed by atoms with Gasteiger partial charge in [-0.25, -0.2) is 0 Å². The summed E-state index contributed by atoms with van der Waals surface area (Å²) in [6.45, 7) is 6.51. The molecular formula is C14H27NO2S2. The Morgan fingerprint density at radius 2 is 2.21 bits per heavy atom. The molecule has 4 unspecified atom stereocenters. The fourth-order valence-corrected chi connectivity index (χ4v) is 4.79. The van der Waals surface area contributed by atoms with Crippen LogP contribution in [0.3, 0.4) is 0 Å². The second-order valence-electron chi connectivity index (χ2n) is 6.03. The molecule has 0 aromatic rings. The lowest BCUT2D eigenvalue weighted by atomic mass is 9.85. The summed E-state index contributed by atoms with van der Waals surface area (Å²) in [6, 6.07) is 0. The van der Waals surface area contributed by atoms with Crippen LogP contribution in [-0.2, 0) is 9.47 Å². The lowest BCUT2D eigenvalue weighted by Crippen LogP contribution is -2.40. The average molecular weight is 306 g/mol. The molecule has 4 atom stereocenters. The van der Waals surface area contributed by atoms with Crippen LogP contribution in [0.2, 0.25) is 0 Å². The van der Waals surface area contributed by atoms with E-state index in [-0.39, 0.29) is 5.56 Å². The van der Waals surface area contributed by atoms with E-state index in [1.54, 1.807) is 0 Å². The summed E-state index contributed by atoms with van der Waals surface area (Å²) >= 11 is 3.88. The molecular weight excluding hydrogens is 278 g/mol. The van der Waals surface area contributed by atoms with Gasteiger partial charge in [-0.3, -0.25) is 5.32 Å². The summed E-state index contributed by atoms with van der Waals surface area (Å²) in [6.07, 6.45) is 3.68. The monoisotopic (exact) mass is 305 g/mol. The smallest absolute Gasteiger partial charge is 0.156 e. The Morgan fingerprint density at radius 1 is 1.37 bits per heavy atom. The van der Waals surface area contributed by atoms with Gasteiger partial charge in [0.15, 0.2) is 5.56 Å². The van der Waals surface area contributed by atoms with Gasteiger partial charge in [0.25, 0.3) is 0 Å². The Bertz CT molecular complexity index is 264. The molecule has 2 aliphatic rings. The molecule has 0 aromatic heterocycles. The van der Waals surface area contributed by atoms with Gasteiger partial charge < -0.3 is 9.47 Å². The minimum atomic E-state index is 0.183. The van der Waals surface area contributed by atoms with Gasteiger partial charge in [-0.05, 0) is 38.0 Å². The summed E-state index contributed by atoms with van der Waals surface area (Å²) in [5, 5.41) is 3.18. The first-order valence-corrected chi connectivity index (χ1v) is 9.36. The Morgan fingerprint density at radius 3 is 2.79 bits per heavy atom. The van der Waals surface area contributed by atoms with Crippen LogP contribution in [-0.4, -0.2) is 42.8 Å². The zero-order chi connectivity index (χ0) is 13.7. The van der Waals surface area contributed by atoms with Crippen molar-refractivity contribution in [1.82, 2.24) is 5.32 Å². The van der Waals surface area contributed by atoms with E-state index in [2.05, 4.69) is 19.2 Å². The molecule has 0 aliphatic carbocycles. The highest BCUT2D eigenvalue weighted by Crippen LogP contribution is 2.38. The molecule has 0 amide bonds. The lowest BCUT2D eigenvalue weighted by molar-refractivity contribution is 0.0139. The minimum Gasteiger partial charge on any atom is -0.367 e. The van der Waals surface area contributed by atoms with Gasteiger partial charge >= 0.3 is 0 Å². The van der Waals surface area contributed by atoms with E-state index in [1.165, 1.54) is 30.8 Å². The number of rotatable bonds is 5. The lowest BCUT2D eigenvalue weighted by Gasteiger charge is -2.38. The summed E-state index contributed by atoms with van der Waals surface area (Å²) < 4.78 is 11.7. The Balaban J connectivity index is 1.71. The number of thioether (sulfide) groups is 2. The molecule has 3 nitrogen and oxygen atoms in total. The van der Waals surface area contributed by atoms with Crippen LogP contribution in [0, 0.1) is 11.3 Å². The molecule has 2 saturated heterocycles. The minimum absolute atomic E-state index is 0.183. The van der Waals surface area contributed by atoms with Gasteiger partial charge in [0.05, 0.1) is 6.61 Å². The Labute approximate surface area is 125 Å². The highest BCUT2D eigenvalue weighted by atomic mass is 32.2. The van der Waals surface area contributed by atoms with Gasteiger partial charge in [-0.2, -0.15) is 0 Å². The summed E-state index contributed by atoms with van der Waals surface area (Å²) in [4.78, 5) is 0. The second kappa shape index (κ2) is 7.55. The molecule has 0 bridgehead atoms. The van der Waals surface area contributed by atoms with Crippen LogP contribution in [0.5, 0.6) is 0 Å². The predicted molar refractivity (Wildman–Crippen MR) is 84.6 cm³/mol. The fourth-order valence-electron chi connectivity index (χ4n) is 2.50. The van der Waals surface area contributed by atoms with E-state index in [9.17, 15) is 0 Å². The van der Waals surface area contributed by atoms with E-state index in [4.69, 9.17) is 9.47 Å². The van der Waals surface area contributed by atoms with Crippen LogP contribution >= 0.6 is 23.5 Å². The van der Waals surface area contributed by atoms with Gasteiger partial charge in [-0.1, -0.05) is 13.8 Å². The Kier molecular flexibility index (Phi) is 6.34. The molecule has 19 heavy (non-hydrogen) atoms. The van der Waals surface area contributed by atoms with E-state index < -0.39 is 0 Å². The standard InChI is InChI=1S/C14H27NO2S2/c1-11(12-16-7-4-8-18-12)5-6-14(2)9-17-13(15-3)19-10-14/h11-13,15H,4-10H2,1-3H3. The molecule has 1 N–H and O–H groups in total. The zero-order valence-corrected chi connectivity index (χ0v) is 13.9. The van der Waals surface area contributed by atoms with Crippen LogP contribution in [0.25, 0.3) is 0 Å². The highest BCUT2D eigenvalue weighted by molar-refractivity contribution is 8.00. The first kappa shape index (κ1) is 16.0. The van der Waals surface area contributed by atoms with Gasteiger partial charge in [0, 0.05) is 17.8 Å². The van der Waals surface area contributed by atoms with Crippen molar-refractivity contribution >= 4 is 23.5 Å². The summed E-state index contributed by atoms with van der Waals surface area (Å²) in [7, 11) is 1.96. The van der Waals surface area contributed by atoms with Crippen LogP contribution in [0.15, 0.2) is 0 Å². The SMILES string of the molecule is CNC1OCC(C)(CCC(C)C2OCCCS2)CS1. The molecule has 0 aromatic carbocycles. The number of hydrogen-bond donors (Lipinski definition) is 1. The maximum absolute atomic E-state index is 5.86. The second-order valence-corrected chi connectivity index (χ2v) is 8.29. The van der Waals surface area contributed by atoms with E-state index in [0.29, 0.717) is 16.8 Å². The van der Waals surface area contributed by atoms with Crippen molar-refractivity contribution in [2.24, 2.45) is 11.3 Å². The molecule has 2 heterocycles. The van der Waals surface area contributed by atoms with Crippen molar-refractivity contribution < 1.29 is 9.47 Å². The Hall–Kier alpha value is 0.580. The molecule has 112 valence electrons. The van der Waals surface area contributed by atoms with Gasteiger partial charge in [-0.15, -0.1) is 23.5 Å². The molecule has 2 rings (SSSR count). The topological polar surface area (TPSA) is 30.5 Å². The average Bonchev–Trinajstić information content (AvgIpc) is 2.47. The first-order valence-electron chi connectivity index (χ1n) is 7.27. The quantitative estimate of drug-likeness (QED) is 0.843. The van der Waals surface area contributed by atoms with Crippen molar-refractivity contribution in [1.29, 1.82) is 0 Å². The van der Waals surface area contributed by atoms with Gasteiger partial charge in [0.1, 0.15) is 5.44 Å². The number of hydrogen-bond acceptors (Lipinski definition) is 5. The van der Waals surface area contributed by atoms with E-state index >= 15 is 0 Å². The maximum atomic E-state index is 5.86. The zero-order valence-electron chi connectivity index (χ0n) is 12.3. The fraction of sp³-hybridized carbons (Fsp3) is 1.00. The van der Waals surface area contributed by atoms with Crippen LogP contribution < -0.4 is 5.32 Å². The molecule has 2 fully saturated rings. The molecule has 0 spiro atoms. The highest BCUT2D eigenvalue weighted by Gasteiger charge is 2.33. The van der Waals surface area contributed by atoms with Crippen LogP contribution in [0.1, 0.15) is 33.1 Å². The first-order chi connectivity index (χ1) is 9.13. The summed E-state index contributed by atoms with van der Waals surface area (Å²) in [5.41, 5.74) is 0.924. The molecule has 0 saturated carbocycles. The van der Waals surface area contributed by atoms with Crippen molar-refractivity contribution in [3.8, 4) is 0 Å². The van der Waals surface area contributed by atoms with Crippen molar-refractivity contribution in [2.45, 2.75) is 44.1 Å². The summed E-state index contributed by atoms with van der Waals surface area (Å²) in [5.74, 6) is 3.09. The maximum Gasteiger partial charge on any atom is 0.156 e. The third-order valence-corrected chi connectivity index (χ3v) is 6.91. The van der Waals surface area contributed by atoms with Crippen molar-refractivity contribution in [3.05, 3.63) is 0 Å². The van der Waals surface area contributed by atoms with Crippen molar-refractivity contribution in [3.63, 3.8) is 0 Å². The molecule has 0 radical (unpaired) electrons. The third-order valence-electron chi connectivity index (χ3n) is 3.92. The van der Waals surface area contributed by atoms with Crippen molar-refractivity contribution in [2.75, 3.05) is 31.8 Å².